The summed E-state index contributed by atoms with van der Waals surface area (Å²) in [6.45, 7) is 1.24. The van der Waals surface area contributed by atoms with E-state index in [0.29, 0.717) is 30.0 Å². The number of aromatic nitrogens is 3. The zero-order chi connectivity index (χ0) is 16.7. The van der Waals surface area contributed by atoms with E-state index in [2.05, 4.69) is 14.8 Å². The molecule has 0 amide bonds. The molecule has 1 fully saturated rings. The van der Waals surface area contributed by atoms with Gasteiger partial charge in [0.15, 0.2) is 5.58 Å². The summed E-state index contributed by atoms with van der Waals surface area (Å²) in [6.07, 6.45) is 3.93. The first-order valence-electron chi connectivity index (χ1n) is 7.29. The Morgan fingerprint density at radius 2 is 2.25 bits per heavy atom. The Morgan fingerprint density at radius 1 is 1.38 bits per heavy atom. The Morgan fingerprint density at radius 3 is 3.04 bits per heavy atom. The Bertz CT molecular complexity index is 1040. The van der Waals surface area contributed by atoms with Crippen LogP contribution in [0.3, 0.4) is 0 Å². The Balaban J connectivity index is 1.60. The molecule has 4 rings (SSSR count). The molecular weight excluding hydrogens is 336 g/mol. The fraction of sp³-hybridized carbons (Fsp3) is 0.286. The average Bonchev–Trinajstić information content (AvgIpc) is 3.24. The lowest BCUT2D eigenvalue weighted by molar-refractivity contribution is 0.184. The van der Waals surface area contributed by atoms with Gasteiger partial charge in [0.25, 0.3) is 10.0 Å². The van der Waals surface area contributed by atoms with E-state index >= 15 is 0 Å². The number of oxazole rings is 1. The van der Waals surface area contributed by atoms with Crippen molar-refractivity contribution in [3.63, 3.8) is 0 Å². The van der Waals surface area contributed by atoms with Crippen molar-refractivity contribution in [1.29, 1.82) is 0 Å². The second-order valence-electron chi connectivity index (χ2n) is 5.50. The molecule has 0 radical (unpaired) electrons. The molecule has 10 heteroatoms. The normalized spacial score (nSPS) is 18.2. The fourth-order valence-electron chi connectivity index (χ4n) is 2.63. The van der Waals surface area contributed by atoms with Gasteiger partial charge in [0.1, 0.15) is 0 Å². The maximum absolute atomic E-state index is 12.5. The van der Waals surface area contributed by atoms with Crippen molar-refractivity contribution in [2.75, 3.05) is 17.9 Å². The first kappa shape index (κ1) is 15.0. The van der Waals surface area contributed by atoms with E-state index in [-0.39, 0.29) is 10.9 Å². The van der Waals surface area contributed by atoms with E-state index in [4.69, 9.17) is 9.15 Å². The lowest BCUT2D eigenvalue weighted by Gasteiger charge is -2.08. The van der Waals surface area contributed by atoms with E-state index in [0.717, 1.165) is 6.42 Å². The molecule has 2 aromatic heterocycles. The van der Waals surface area contributed by atoms with Gasteiger partial charge in [-0.3, -0.25) is 14.4 Å². The van der Waals surface area contributed by atoms with Crippen LogP contribution in [0, 0.1) is 0 Å². The van der Waals surface area contributed by atoms with Crippen molar-refractivity contribution in [2.45, 2.75) is 17.4 Å². The monoisotopic (exact) mass is 350 g/mol. The standard InChI is InChI=1S/C14H14N4O5S/c19-14-16-12-5-11(1-2-13(12)23-14)24(20,21)17-9-6-15-18(7-9)10-3-4-22-8-10/h1-2,5-7,10,17H,3-4,8H2,(H,16,19)/t10-/m1/s1. The number of nitrogens with one attached hydrogen (secondary N) is 2. The maximum atomic E-state index is 12.5. The molecule has 0 aliphatic carbocycles. The summed E-state index contributed by atoms with van der Waals surface area (Å²) in [5, 5.41) is 4.18. The van der Waals surface area contributed by atoms with Crippen molar-refractivity contribution >= 4 is 26.8 Å². The van der Waals surface area contributed by atoms with Crippen molar-refractivity contribution in [3.05, 3.63) is 41.1 Å². The molecule has 1 aliphatic rings. The van der Waals surface area contributed by atoms with Crippen LogP contribution in [-0.2, 0) is 14.8 Å². The number of rotatable bonds is 4. The minimum Gasteiger partial charge on any atom is -0.408 e. The van der Waals surface area contributed by atoms with Crippen molar-refractivity contribution in [1.82, 2.24) is 14.8 Å². The molecule has 2 N–H and O–H groups in total. The first-order valence-corrected chi connectivity index (χ1v) is 8.77. The fourth-order valence-corrected chi connectivity index (χ4v) is 3.69. The van der Waals surface area contributed by atoms with Crippen molar-refractivity contribution in [2.24, 2.45) is 0 Å². The van der Waals surface area contributed by atoms with Crippen LogP contribution in [0.1, 0.15) is 12.5 Å². The highest BCUT2D eigenvalue weighted by Gasteiger charge is 2.20. The highest BCUT2D eigenvalue weighted by atomic mass is 32.2. The Kier molecular flexibility index (Phi) is 3.43. The summed E-state index contributed by atoms with van der Waals surface area (Å²) in [7, 11) is -3.80. The number of ether oxygens (including phenoxy) is 1. The third-order valence-corrected chi connectivity index (χ3v) is 5.21. The number of hydrogen-bond donors (Lipinski definition) is 2. The molecule has 0 saturated carbocycles. The second-order valence-corrected chi connectivity index (χ2v) is 7.19. The van der Waals surface area contributed by atoms with Gasteiger partial charge in [0.05, 0.1) is 34.9 Å². The van der Waals surface area contributed by atoms with Crippen molar-refractivity contribution in [3.8, 4) is 0 Å². The summed E-state index contributed by atoms with van der Waals surface area (Å²) >= 11 is 0. The topological polar surface area (TPSA) is 119 Å². The molecule has 1 aromatic carbocycles. The highest BCUT2D eigenvalue weighted by molar-refractivity contribution is 7.92. The molecule has 3 aromatic rings. The number of anilines is 1. The molecule has 0 bridgehead atoms. The second kappa shape index (κ2) is 5.49. The summed E-state index contributed by atoms with van der Waals surface area (Å²) in [4.78, 5) is 13.6. The molecule has 1 aliphatic heterocycles. The number of nitrogens with zero attached hydrogens (tertiary/aromatic N) is 2. The predicted octanol–water partition coefficient (Wildman–Crippen LogP) is 1.08. The highest BCUT2D eigenvalue weighted by Crippen LogP contribution is 2.22. The lowest BCUT2D eigenvalue weighted by Crippen LogP contribution is -2.13. The molecule has 24 heavy (non-hydrogen) atoms. The number of benzene rings is 1. The van der Waals surface area contributed by atoms with Crippen LogP contribution in [0.25, 0.3) is 11.1 Å². The van der Waals surface area contributed by atoms with Crippen molar-refractivity contribution < 1.29 is 17.6 Å². The number of sulfonamides is 1. The van der Waals surface area contributed by atoms with Crippen LogP contribution in [0.2, 0.25) is 0 Å². The van der Waals surface area contributed by atoms with Gasteiger partial charge in [-0.05, 0) is 24.6 Å². The minimum atomic E-state index is -3.80. The third-order valence-electron chi connectivity index (χ3n) is 3.83. The summed E-state index contributed by atoms with van der Waals surface area (Å²) in [5.74, 6) is -0.632. The van der Waals surface area contributed by atoms with Gasteiger partial charge in [0.2, 0.25) is 0 Å². The zero-order valence-corrected chi connectivity index (χ0v) is 13.2. The van der Waals surface area contributed by atoms with Gasteiger partial charge in [0, 0.05) is 12.8 Å². The van der Waals surface area contributed by atoms with Gasteiger partial charge in [-0.25, -0.2) is 13.2 Å². The van der Waals surface area contributed by atoms with Crippen LogP contribution in [-0.4, -0.2) is 36.4 Å². The number of H-pyrrole nitrogens is 1. The maximum Gasteiger partial charge on any atom is 0.417 e. The Labute approximate surface area is 136 Å². The summed E-state index contributed by atoms with van der Waals surface area (Å²) in [5.41, 5.74) is 0.984. The molecular formula is C14H14N4O5S. The minimum absolute atomic E-state index is 0.0176. The molecule has 126 valence electrons. The summed E-state index contributed by atoms with van der Waals surface area (Å²) < 4.78 is 39.3. The molecule has 1 atom stereocenters. The van der Waals surface area contributed by atoms with Gasteiger partial charge in [-0.1, -0.05) is 0 Å². The molecule has 0 unspecified atom stereocenters. The average molecular weight is 350 g/mol. The zero-order valence-electron chi connectivity index (χ0n) is 12.4. The number of fused-ring (bicyclic) bond motifs is 1. The first-order chi connectivity index (χ1) is 11.5. The predicted molar refractivity (Wildman–Crippen MR) is 84.3 cm³/mol. The van der Waals surface area contributed by atoms with Gasteiger partial charge < -0.3 is 9.15 Å². The van der Waals surface area contributed by atoms with E-state index in [1.54, 1.807) is 10.9 Å². The van der Waals surface area contributed by atoms with Gasteiger partial charge in [-0.2, -0.15) is 5.10 Å². The van der Waals surface area contributed by atoms with Crippen LogP contribution in [0.15, 0.2) is 44.7 Å². The molecule has 3 heterocycles. The third kappa shape index (κ3) is 2.69. The summed E-state index contributed by atoms with van der Waals surface area (Å²) in [6, 6.07) is 4.27. The van der Waals surface area contributed by atoms with Crippen LogP contribution >= 0.6 is 0 Å². The van der Waals surface area contributed by atoms with Crippen LogP contribution < -0.4 is 10.5 Å². The van der Waals surface area contributed by atoms with Gasteiger partial charge >= 0.3 is 5.76 Å². The van der Waals surface area contributed by atoms with E-state index in [1.165, 1.54) is 24.4 Å². The van der Waals surface area contributed by atoms with Crippen LogP contribution in [0.5, 0.6) is 0 Å². The molecule has 1 saturated heterocycles. The van der Waals surface area contributed by atoms with Gasteiger partial charge in [-0.15, -0.1) is 0 Å². The molecule has 9 nitrogen and oxygen atoms in total. The van der Waals surface area contributed by atoms with E-state index < -0.39 is 15.8 Å². The Hall–Kier alpha value is -2.59. The number of hydrogen-bond acceptors (Lipinski definition) is 6. The largest absolute Gasteiger partial charge is 0.417 e. The smallest absolute Gasteiger partial charge is 0.408 e. The SMILES string of the molecule is O=c1[nH]c2cc(S(=O)(=O)Nc3cnn([C@@H]4CCOC4)c3)ccc2o1. The quantitative estimate of drug-likeness (QED) is 0.727. The lowest BCUT2D eigenvalue weighted by atomic mass is 10.3. The number of aromatic amines is 1. The molecule has 0 spiro atoms. The van der Waals surface area contributed by atoms with E-state index in [9.17, 15) is 13.2 Å². The van der Waals surface area contributed by atoms with Crippen LogP contribution in [0.4, 0.5) is 5.69 Å². The van der Waals surface area contributed by atoms with E-state index in [1.807, 2.05) is 0 Å².